The number of amides is 1. The lowest BCUT2D eigenvalue weighted by Crippen LogP contribution is -2.26. The van der Waals surface area contributed by atoms with Crippen LogP contribution in [0.5, 0.6) is 5.75 Å². The number of aromatic nitrogens is 2. The summed E-state index contributed by atoms with van der Waals surface area (Å²) in [5.74, 6) is 0.597. The fourth-order valence-electron chi connectivity index (χ4n) is 3.30. The second-order valence-electron chi connectivity index (χ2n) is 7.19. The van der Waals surface area contributed by atoms with E-state index in [1.165, 1.54) is 0 Å². The molecular weight excluding hydrogens is 466 g/mol. The molecule has 0 aliphatic carbocycles. The zero-order chi connectivity index (χ0) is 21.8. The normalized spacial score (nSPS) is 10.9. The molecule has 3 rings (SSSR count). The van der Waals surface area contributed by atoms with Crippen LogP contribution in [0.4, 0.5) is 0 Å². The molecule has 1 heterocycles. The molecular formula is C23H25BrClN3O2. The van der Waals surface area contributed by atoms with Crippen molar-refractivity contribution in [2.75, 3.05) is 7.05 Å². The molecule has 0 spiro atoms. The average molecular weight is 491 g/mol. The van der Waals surface area contributed by atoms with Crippen LogP contribution in [-0.2, 0) is 19.7 Å². The van der Waals surface area contributed by atoms with E-state index >= 15 is 0 Å². The summed E-state index contributed by atoms with van der Waals surface area (Å²) < 4.78 is 8.66. The van der Waals surface area contributed by atoms with Crippen molar-refractivity contribution in [2.45, 2.75) is 40.5 Å². The van der Waals surface area contributed by atoms with Gasteiger partial charge in [-0.1, -0.05) is 39.7 Å². The van der Waals surface area contributed by atoms with E-state index < -0.39 is 0 Å². The highest BCUT2D eigenvalue weighted by molar-refractivity contribution is 9.10. The van der Waals surface area contributed by atoms with Crippen molar-refractivity contribution in [3.63, 3.8) is 0 Å². The second-order valence-corrected chi connectivity index (χ2v) is 8.51. The molecule has 0 aliphatic rings. The maximum absolute atomic E-state index is 12.9. The Bertz CT molecular complexity index is 1050. The fraction of sp³-hybridized carbons (Fsp3) is 0.304. The molecule has 0 N–H and O–H groups in total. The Hall–Kier alpha value is -2.31. The first kappa shape index (κ1) is 22.4. The molecule has 1 aromatic heterocycles. The lowest BCUT2D eigenvalue weighted by Gasteiger charge is -2.18. The van der Waals surface area contributed by atoms with Crippen LogP contribution >= 0.6 is 27.5 Å². The van der Waals surface area contributed by atoms with E-state index in [0.717, 1.165) is 33.5 Å². The quantitative estimate of drug-likeness (QED) is 0.421. The third kappa shape index (κ3) is 5.05. The van der Waals surface area contributed by atoms with Gasteiger partial charge in [0, 0.05) is 41.4 Å². The molecule has 158 valence electrons. The zero-order valence-electron chi connectivity index (χ0n) is 17.6. The summed E-state index contributed by atoms with van der Waals surface area (Å²) in [6.07, 6.45) is 0. The van der Waals surface area contributed by atoms with E-state index in [1.54, 1.807) is 11.0 Å². The Morgan fingerprint density at radius 1 is 1.20 bits per heavy atom. The van der Waals surface area contributed by atoms with E-state index in [2.05, 4.69) is 28.0 Å². The van der Waals surface area contributed by atoms with Crippen LogP contribution in [0.25, 0.3) is 0 Å². The van der Waals surface area contributed by atoms with Crippen LogP contribution in [0.15, 0.2) is 46.9 Å². The molecule has 0 atom stereocenters. The third-order valence-corrected chi connectivity index (χ3v) is 5.85. The Kier molecular flexibility index (Phi) is 7.21. The average Bonchev–Trinajstić information content (AvgIpc) is 3.00. The predicted molar refractivity (Wildman–Crippen MR) is 123 cm³/mol. The van der Waals surface area contributed by atoms with Gasteiger partial charge in [0.1, 0.15) is 12.4 Å². The molecule has 2 aromatic carbocycles. The Morgan fingerprint density at radius 2 is 1.90 bits per heavy atom. The van der Waals surface area contributed by atoms with Crippen molar-refractivity contribution < 1.29 is 9.53 Å². The van der Waals surface area contributed by atoms with Gasteiger partial charge in [-0.15, -0.1) is 0 Å². The number of ether oxygens (including phenoxy) is 1. The number of aryl methyl sites for hydroxylation is 2. The number of carbonyl (C=O) groups is 1. The van der Waals surface area contributed by atoms with Crippen molar-refractivity contribution in [1.82, 2.24) is 14.7 Å². The third-order valence-electron chi connectivity index (χ3n) is 5.06. The summed E-state index contributed by atoms with van der Waals surface area (Å²) in [6.45, 7) is 7.82. The van der Waals surface area contributed by atoms with E-state index in [4.69, 9.17) is 16.3 Å². The summed E-state index contributed by atoms with van der Waals surface area (Å²) in [6, 6.07) is 13.0. The van der Waals surface area contributed by atoms with Crippen molar-refractivity contribution in [3.05, 3.63) is 80.0 Å². The molecule has 0 fully saturated rings. The van der Waals surface area contributed by atoms with E-state index in [9.17, 15) is 4.79 Å². The summed E-state index contributed by atoms with van der Waals surface area (Å²) in [4.78, 5) is 14.6. The van der Waals surface area contributed by atoms with E-state index in [-0.39, 0.29) is 5.91 Å². The van der Waals surface area contributed by atoms with Crippen LogP contribution < -0.4 is 4.74 Å². The highest BCUT2D eigenvalue weighted by Crippen LogP contribution is 2.28. The van der Waals surface area contributed by atoms with Gasteiger partial charge >= 0.3 is 0 Å². The number of rotatable bonds is 7. The largest absolute Gasteiger partial charge is 0.487 e. The second kappa shape index (κ2) is 9.67. The first-order valence-corrected chi connectivity index (χ1v) is 10.9. The van der Waals surface area contributed by atoms with Crippen molar-refractivity contribution in [3.8, 4) is 5.75 Å². The number of halogens is 2. The standard InChI is InChI=1S/C23H25BrClN3O2/c1-5-28-16(3)20(15(2)26-28)13-27(4)23(29)18-8-6-17(7-9-18)14-30-22-11-10-19(24)12-21(22)25/h6-12H,5,13-14H2,1-4H3. The monoisotopic (exact) mass is 489 g/mol. The number of nitrogens with zero attached hydrogens (tertiary/aromatic N) is 3. The highest BCUT2D eigenvalue weighted by atomic mass is 79.9. The van der Waals surface area contributed by atoms with Crippen molar-refractivity contribution in [2.24, 2.45) is 0 Å². The minimum absolute atomic E-state index is 0.0264. The molecule has 3 aromatic rings. The SMILES string of the molecule is CCn1nc(C)c(CN(C)C(=O)c2ccc(COc3ccc(Br)cc3Cl)cc2)c1C. The summed E-state index contributed by atoms with van der Waals surface area (Å²) in [7, 11) is 1.82. The lowest BCUT2D eigenvalue weighted by atomic mass is 10.1. The van der Waals surface area contributed by atoms with Crippen LogP contribution in [0.1, 0.15) is 39.8 Å². The van der Waals surface area contributed by atoms with Gasteiger partial charge in [0.05, 0.1) is 10.7 Å². The zero-order valence-corrected chi connectivity index (χ0v) is 19.9. The topological polar surface area (TPSA) is 47.4 Å². The Labute approximate surface area is 190 Å². The van der Waals surface area contributed by atoms with Gasteiger partial charge in [-0.05, 0) is 56.7 Å². The van der Waals surface area contributed by atoms with Crippen molar-refractivity contribution in [1.29, 1.82) is 0 Å². The summed E-state index contributed by atoms with van der Waals surface area (Å²) in [5, 5.41) is 5.09. The smallest absolute Gasteiger partial charge is 0.253 e. The predicted octanol–water partition coefficient (Wildman–Crippen LogP) is 5.79. The summed E-state index contributed by atoms with van der Waals surface area (Å²) >= 11 is 9.56. The van der Waals surface area contributed by atoms with Crippen LogP contribution in [0.3, 0.4) is 0 Å². The van der Waals surface area contributed by atoms with Gasteiger partial charge in [-0.2, -0.15) is 5.10 Å². The van der Waals surface area contributed by atoms with Crippen LogP contribution in [0.2, 0.25) is 5.02 Å². The molecule has 5 nitrogen and oxygen atoms in total. The minimum Gasteiger partial charge on any atom is -0.487 e. The lowest BCUT2D eigenvalue weighted by molar-refractivity contribution is 0.0784. The van der Waals surface area contributed by atoms with Gasteiger partial charge in [0.25, 0.3) is 5.91 Å². The number of hydrogen-bond acceptors (Lipinski definition) is 3. The molecule has 0 aliphatic heterocycles. The molecule has 0 saturated carbocycles. The van der Waals surface area contributed by atoms with Gasteiger partial charge in [0.15, 0.2) is 0 Å². The van der Waals surface area contributed by atoms with E-state index in [1.807, 2.05) is 62.0 Å². The van der Waals surface area contributed by atoms with Gasteiger partial charge in [-0.25, -0.2) is 0 Å². The maximum atomic E-state index is 12.9. The van der Waals surface area contributed by atoms with Crippen molar-refractivity contribution >= 4 is 33.4 Å². The molecule has 0 unspecified atom stereocenters. The molecule has 0 bridgehead atoms. The molecule has 0 saturated heterocycles. The number of carbonyl (C=O) groups excluding carboxylic acids is 1. The molecule has 30 heavy (non-hydrogen) atoms. The minimum atomic E-state index is -0.0264. The first-order valence-electron chi connectivity index (χ1n) is 9.75. The number of benzene rings is 2. The Morgan fingerprint density at radius 3 is 2.50 bits per heavy atom. The maximum Gasteiger partial charge on any atom is 0.253 e. The highest BCUT2D eigenvalue weighted by Gasteiger charge is 2.17. The summed E-state index contributed by atoms with van der Waals surface area (Å²) in [5.41, 5.74) is 4.77. The Balaban J connectivity index is 1.63. The first-order chi connectivity index (χ1) is 14.3. The molecule has 7 heteroatoms. The van der Waals surface area contributed by atoms with Crippen LogP contribution in [0, 0.1) is 13.8 Å². The van der Waals surface area contributed by atoms with Gasteiger partial charge in [-0.3, -0.25) is 9.48 Å². The fourth-order valence-corrected chi connectivity index (χ4v) is 4.02. The van der Waals surface area contributed by atoms with E-state index in [0.29, 0.717) is 29.5 Å². The van der Waals surface area contributed by atoms with Gasteiger partial charge in [0.2, 0.25) is 0 Å². The molecule has 1 amide bonds. The van der Waals surface area contributed by atoms with Gasteiger partial charge < -0.3 is 9.64 Å². The number of hydrogen-bond donors (Lipinski definition) is 0. The molecule has 0 radical (unpaired) electrons. The van der Waals surface area contributed by atoms with Crippen LogP contribution in [-0.4, -0.2) is 27.6 Å².